The lowest BCUT2D eigenvalue weighted by atomic mass is 9.88. The van der Waals surface area contributed by atoms with Crippen molar-refractivity contribution in [2.24, 2.45) is 5.92 Å². The second kappa shape index (κ2) is 7.48. The highest BCUT2D eigenvalue weighted by Crippen LogP contribution is 2.40. The monoisotopic (exact) mass is 417 g/mol. The molecule has 0 unspecified atom stereocenters. The number of anilines is 1. The highest BCUT2D eigenvalue weighted by Gasteiger charge is 2.29. The Bertz CT molecular complexity index is 1130. The first-order chi connectivity index (χ1) is 13.5. The second-order valence-electron chi connectivity index (χ2n) is 6.91. The Hall–Kier alpha value is -2.52. The van der Waals surface area contributed by atoms with E-state index in [1.807, 2.05) is 0 Å². The Balaban J connectivity index is 1.61. The number of rotatable bonds is 4. The van der Waals surface area contributed by atoms with Crippen LogP contribution in [0.3, 0.4) is 0 Å². The van der Waals surface area contributed by atoms with E-state index in [0.29, 0.717) is 26.7 Å². The number of esters is 1. The largest absolute Gasteiger partial charge is 0.465 e. The van der Waals surface area contributed by atoms with Crippen LogP contribution < -0.4 is 10.9 Å². The number of nitrogens with zero attached hydrogens (tertiary/aromatic N) is 2. The highest BCUT2D eigenvalue weighted by molar-refractivity contribution is 7.17. The standard InChI is InChI=1S/C19H19N3O4S2/c1-10-3-4-11-13(7-10)28-17(15(11)19(25)26-2)21-14(23)8-22-9-20-16-12(18(22)24)5-6-27-16/h5-6,9-10H,3-4,7-8H2,1-2H3,(H,21,23)/t10-/m0/s1. The molecule has 4 rings (SSSR count). The summed E-state index contributed by atoms with van der Waals surface area (Å²) >= 11 is 2.80. The van der Waals surface area contributed by atoms with Crippen molar-refractivity contribution in [2.45, 2.75) is 32.7 Å². The molecule has 1 aliphatic carbocycles. The van der Waals surface area contributed by atoms with Crippen LogP contribution in [0.4, 0.5) is 5.00 Å². The van der Waals surface area contributed by atoms with E-state index in [2.05, 4.69) is 17.2 Å². The molecule has 1 aliphatic rings. The van der Waals surface area contributed by atoms with E-state index < -0.39 is 5.97 Å². The molecule has 0 radical (unpaired) electrons. The van der Waals surface area contributed by atoms with E-state index in [-0.39, 0.29) is 18.0 Å². The minimum atomic E-state index is -0.444. The lowest BCUT2D eigenvalue weighted by molar-refractivity contribution is -0.116. The van der Waals surface area contributed by atoms with E-state index in [0.717, 1.165) is 29.7 Å². The van der Waals surface area contributed by atoms with Crippen molar-refractivity contribution in [1.82, 2.24) is 9.55 Å². The zero-order valence-electron chi connectivity index (χ0n) is 15.5. The summed E-state index contributed by atoms with van der Waals surface area (Å²) < 4.78 is 6.21. The number of aromatic nitrogens is 2. The van der Waals surface area contributed by atoms with Crippen LogP contribution >= 0.6 is 22.7 Å². The van der Waals surface area contributed by atoms with Gasteiger partial charge in [-0.05, 0) is 42.2 Å². The molecule has 7 nitrogen and oxygen atoms in total. The number of thiophene rings is 2. The van der Waals surface area contributed by atoms with Gasteiger partial charge in [-0.3, -0.25) is 14.2 Å². The number of methoxy groups -OCH3 is 1. The molecule has 9 heteroatoms. The third-order valence-corrected chi connectivity index (χ3v) is 6.91. The maximum Gasteiger partial charge on any atom is 0.341 e. The van der Waals surface area contributed by atoms with Crippen LogP contribution in [0, 0.1) is 5.92 Å². The molecule has 3 heterocycles. The Morgan fingerprint density at radius 3 is 3.04 bits per heavy atom. The molecule has 1 N–H and O–H groups in total. The minimum absolute atomic E-state index is 0.169. The van der Waals surface area contributed by atoms with Gasteiger partial charge in [0.05, 0.1) is 24.4 Å². The summed E-state index contributed by atoms with van der Waals surface area (Å²) in [7, 11) is 1.34. The van der Waals surface area contributed by atoms with Crippen LogP contribution in [0.1, 0.15) is 34.1 Å². The fourth-order valence-corrected chi connectivity index (χ4v) is 5.62. The molecule has 3 aromatic rings. The normalized spacial score (nSPS) is 16.0. The Labute approximate surface area is 169 Å². The van der Waals surface area contributed by atoms with Crippen molar-refractivity contribution in [3.63, 3.8) is 0 Å². The summed E-state index contributed by atoms with van der Waals surface area (Å²) in [6, 6.07) is 1.70. The first-order valence-electron chi connectivity index (χ1n) is 8.93. The third kappa shape index (κ3) is 3.35. The first kappa shape index (κ1) is 18.8. The van der Waals surface area contributed by atoms with Gasteiger partial charge in [-0.2, -0.15) is 0 Å². The Morgan fingerprint density at radius 1 is 1.43 bits per heavy atom. The summed E-state index contributed by atoms with van der Waals surface area (Å²) in [6.45, 7) is 2.01. The number of carbonyl (C=O) groups is 2. The minimum Gasteiger partial charge on any atom is -0.465 e. The van der Waals surface area contributed by atoms with Gasteiger partial charge in [0.2, 0.25) is 5.91 Å². The summed E-state index contributed by atoms with van der Waals surface area (Å²) in [5.41, 5.74) is 1.17. The topological polar surface area (TPSA) is 90.3 Å². The average molecular weight is 418 g/mol. The quantitative estimate of drug-likeness (QED) is 0.659. The molecule has 0 spiro atoms. The number of hydrogen-bond acceptors (Lipinski definition) is 7. The van der Waals surface area contributed by atoms with Gasteiger partial charge in [-0.25, -0.2) is 9.78 Å². The number of fused-ring (bicyclic) bond motifs is 2. The van der Waals surface area contributed by atoms with Crippen molar-refractivity contribution in [2.75, 3.05) is 12.4 Å². The van der Waals surface area contributed by atoms with Gasteiger partial charge in [0, 0.05) is 4.88 Å². The van der Waals surface area contributed by atoms with Crippen molar-refractivity contribution in [3.05, 3.63) is 44.1 Å². The molecular formula is C19H19N3O4S2. The van der Waals surface area contributed by atoms with Crippen LogP contribution in [-0.4, -0.2) is 28.5 Å². The molecule has 146 valence electrons. The molecule has 28 heavy (non-hydrogen) atoms. The van der Waals surface area contributed by atoms with Crippen LogP contribution in [0.5, 0.6) is 0 Å². The average Bonchev–Trinajstić information content (AvgIpc) is 3.27. The van der Waals surface area contributed by atoms with Crippen LogP contribution in [-0.2, 0) is 28.9 Å². The molecule has 1 atom stereocenters. The van der Waals surface area contributed by atoms with Gasteiger partial charge in [0.15, 0.2) is 0 Å². The molecule has 0 saturated carbocycles. The van der Waals surface area contributed by atoms with Crippen LogP contribution in [0.2, 0.25) is 0 Å². The number of nitrogens with one attached hydrogen (secondary N) is 1. The van der Waals surface area contributed by atoms with Gasteiger partial charge in [-0.15, -0.1) is 22.7 Å². The van der Waals surface area contributed by atoms with Gasteiger partial charge >= 0.3 is 5.97 Å². The lowest BCUT2D eigenvalue weighted by Crippen LogP contribution is -2.27. The number of carbonyl (C=O) groups excluding carboxylic acids is 2. The summed E-state index contributed by atoms with van der Waals surface area (Å²) in [6.07, 6.45) is 4.06. The first-order valence-corrected chi connectivity index (χ1v) is 10.6. The van der Waals surface area contributed by atoms with Crippen molar-refractivity contribution >= 4 is 49.8 Å². The van der Waals surface area contributed by atoms with E-state index >= 15 is 0 Å². The lowest BCUT2D eigenvalue weighted by Gasteiger charge is -2.18. The second-order valence-corrected chi connectivity index (χ2v) is 8.91. The van der Waals surface area contributed by atoms with E-state index in [9.17, 15) is 14.4 Å². The molecule has 1 amide bonds. The predicted octanol–water partition coefficient (Wildman–Crippen LogP) is 3.07. The zero-order chi connectivity index (χ0) is 19.8. The predicted molar refractivity (Wildman–Crippen MR) is 109 cm³/mol. The zero-order valence-corrected chi connectivity index (χ0v) is 17.1. The van der Waals surface area contributed by atoms with Crippen molar-refractivity contribution in [1.29, 1.82) is 0 Å². The molecule has 0 aromatic carbocycles. The van der Waals surface area contributed by atoms with Gasteiger partial charge in [0.1, 0.15) is 16.4 Å². The van der Waals surface area contributed by atoms with Crippen LogP contribution in [0.25, 0.3) is 10.2 Å². The number of ether oxygens (including phenoxy) is 1. The smallest absolute Gasteiger partial charge is 0.341 e. The maximum atomic E-state index is 12.6. The van der Waals surface area contributed by atoms with E-state index in [1.165, 1.54) is 40.7 Å². The maximum absolute atomic E-state index is 12.6. The fourth-order valence-electron chi connectivity index (χ4n) is 3.48. The molecule has 0 aliphatic heterocycles. The highest BCUT2D eigenvalue weighted by atomic mass is 32.1. The van der Waals surface area contributed by atoms with Gasteiger partial charge in [0.25, 0.3) is 5.56 Å². The van der Waals surface area contributed by atoms with Crippen LogP contribution in [0.15, 0.2) is 22.6 Å². The molecule has 0 bridgehead atoms. The summed E-state index contributed by atoms with van der Waals surface area (Å²) in [5.74, 6) is -0.279. The van der Waals surface area contributed by atoms with Gasteiger partial charge < -0.3 is 10.1 Å². The SMILES string of the molecule is COC(=O)c1c(NC(=O)Cn2cnc3sccc3c2=O)sc2c1CC[C@H](C)C2. The molecule has 0 saturated heterocycles. The van der Waals surface area contributed by atoms with Crippen molar-refractivity contribution < 1.29 is 14.3 Å². The third-order valence-electron chi connectivity index (χ3n) is 4.92. The Kier molecular flexibility index (Phi) is 5.03. The van der Waals surface area contributed by atoms with E-state index in [1.54, 1.807) is 11.4 Å². The van der Waals surface area contributed by atoms with Crippen molar-refractivity contribution in [3.8, 4) is 0 Å². The summed E-state index contributed by atoms with van der Waals surface area (Å²) in [5, 5.41) is 5.59. The van der Waals surface area contributed by atoms with Gasteiger partial charge in [-0.1, -0.05) is 6.92 Å². The molecular weight excluding hydrogens is 398 g/mol. The number of hydrogen-bond donors (Lipinski definition) is 1. The Morgan fingerprint density at radius 2 is 2.25 bits per heavy atom. The molecule has 3 aromatic heterocycles. The fraction of sp³-hybridized carbons (Fsp3) is 0.368. The number of amides is 1. The molecule has 0 fully saturated rings. The van der Waals surface area contributed by atoms with E-state index in [4.69, 9.17) is 4.74 Å². The summed E-state index contributed by atoms with van der Waals surface area (Å²) in [4.78, 5) is 43.4.